The topological polar surface area (TPSA) is 109 Å². The Bertz CT molecular complexity index is 2160. The van der Waals surface area contributed by atoms with E-state index in [1.807, 2.05) is 25.3 Å². The molecule has 0 radical (unpaired) electrons. The number of pyridine rings is 2. The lowest BCUT2D eigenvalue weighted by Crippen LogP contribution is -2.52. The Kier molecular flexibility index (Phi) is 21.7. The number of aromatic nitrogens is 2. The van der Waals surface area contributed by atoms with Crippen LogP contribution >= 0.6 is 67.7 Å². The predicted octanol–water partition coefficient (Wildman–Crippen LogP) is 11.2. The molecule has 8 atom stereocenters. The highest BCUT2D eigenvalue weighted by Gasteiger charge is 2.40. The van der Waals surface area contributed by atoms with Gasteiger partial charge >= 0.3 is 7.05 Å². The second-order valence-electron chi connectivity index (χ2n) is 20.1. The average molecular weight is 1130 g/mol. The van der Waals surface area contributed by atoms with Crippen molar-refractivity contribution >= 4 is 74.7 Å². The van der Waals surface area contributed by atoms with Crippen LogP contribution in [-0.4, -0.2) is 115 Å². The molecule has 4 heterocycles. The van der Waals surface area contributed by atoms with Crippen molar-refractivity contribution in [1.82, 2.24) is 25.0 Å². The lowest BCUT2D eigenvalue weighted by molar-refractivity contribution is 0.0810. The molecule has 8 rings (SSSR count). The van der Waals surface area contributed by atoms with Gasteiger partial charge in [-0.1, -0.05) is 42.3 Å². The maximum atomic E-state index is 9.92. The molecule has 376 valence electrons. The summed E-state index contributed by atoms with van der Waals surface area (Å²) in [7, 11) is 3.08. The molecule has 0 bridgehead atoms. The van der Waals surface area contributed by atoms with Crippen LogP contribution in [0.4, 0.5) is 0 Å². The van der Waals surface area contributed by atoms with Gasteiger partial charge in [-0.2, -0.15) is 12.6 Å². The Morgan fingerprint density at radius 1 is 0.768 bits per heavy atom. The summed E-state index contributed by atoms with van der Waals surface area (Å²) in [5.41, 5.74) is 17.1. The summed E-state index contributed by atoms with van der Waals surface area (Å²) < 4.78 is 12.9. The highest BCUT2D eigenvalue weighted by atomic mass is 79.9. The monoisotopic (exact) mass is 1130 g/mol. The number of hydrogen-bond acceptors (Lipinski definition) is 10. The molecule has 4 aromatic rings. The molecule has 4 aliphatic rings. The zero-order chi connectivity index (χ0) is 49.0. The van der Waals surface area contributed by atoms with Gasteiger partial charge in [-0.15, -0.1) is 0 Å². The largest absolute Gasteiger partial charge is 0.437 e. The zero-order valence-corrected chi connectivity index (χ0v) is 46.8. The molecule has 2 saturated heterocycles. The minimum atomic E-state index is -0.490. The summed E-state index contributed by atoms with van der Waals surface area (Å²) in [5, 5.41) is 14.9. The van der Waals surface area contributed by atoms with Gasteiger partial charge in [0.1, 0.15) is 0 Å². The number of likely N-dealkylation sites (tertiary alicyclic amines) is 2. The fourth-order valence-electron chi connectivity index (χ4n) is 12.1. The highest BCUT2D eigenvalue weighted by molar-refractivity contribution is 9.10. The summed E-state index contributed by atoms with van der Waals surface area (Å²) in [6.45, 7) is 9.60. The number of thiol groups is 1. The van der Waals surface area contributed by atoms with Crippen LogP contribution in [0.15, 0.2) is 69.9 Å². The van der Waals surface area contributed by atoms with Gasteiger partial charge < -0.3 is 25.5 Å². The first-order valence-electron chi connectivity index (χ1n) is 25.5. The van der Waals surface area contributed by atoms with Crippen molar-refractivity contribution in [3.8, 4) is 0 Å². The van der Waals surface area contributed by atoms with E-state index in [4.69, 9.17) is 48.4 Å². The van der Waals surface area contributed by atoms with E-state index in [-0.39, 0.29) is 18.0 Å². The van der Waals surface area contributed by atoms with Crippen LogP contribution < -0.4 is 11.0 Å². The van der Waals surface area contributed by atoms with E-state index in [1.165, 1.54) is 44.8 Å². The van der Waals surface area contributed by atoms with Crippen molar-refractivity contribution in [2.24, 2.45) is 17.6 Å². The first-order valence-corrected chi connectivity index (χ1v) is 28.5. The van der Waals surface area contributed by atoms with Crippen LogP contribution in [0.1, 0.15) is 121 Å². The molecular formula is C54H75BBr2Cl2N6O3S. The second kappa shape index (κ2) is 27.1. The van der Waals surface area contributed by atoms with Gasteiger partial charge in [-0.05, 0) is 217 Å². The smallest absolute Gasteiger partial charge is 0.373 e. The molecule has 2 aromatic heterocycles. The van der Waals surface area contributed by atoms with Gasteiger partial charge in [-0.25, -0.2) is 0 Å². The van der Waals surface area contributed by atoms with Crippen LogP contribution in [0.5, 0.6) is 0 Å². The van der Waals surface area contributed by atoms with Crippen LogP contribution in [0, 0.1) is 11.8 Å². The SMILES string of the molecule is CCC(CN1CCC(C2c3ccc(Cl)cc3CCc3cc(Br)cnc32)C[C@@H]1CCCOC)NB(C)O.COCCC[C@H]1CC(C2c3ccc(Cl)cc3CCc3cc(Br)cnc32)CCN1CC(N)CS. The third-order valence-electron chi connectivity index (χ3n) is 15.3. The summed E-state index contributed by atoms with van der Waals surface area (Å²) in [5.74, 6) is 2.35. The Hall–Kier alpha value is -1.59. The summed E-state index contributed by atoms with van der Waals surface area (Å²) in [6.07, 6.45) is 17.9. The van der Waals surface area contributed by atoms with Crippen molar-refractivity contribution in [3.63, 3.8) is 0 Å². The average Bonchev–Trinajstić information content (AvgIpc) is 3.59. The van der Waals surface area contributed by atoms with Crippen LogP contribution in [-0.2, 0) is 35.2 Å². The maximum Gasteiger partial charge on any atom is 0.373 e. The number of rotatable bonds is 18. The summed E-state index contributed by atoms with van der Waals surface area (Å²) >= 11 is 24.6. The number of hydrogen-bond donors (Lipinski definition) is 4. The number of nitrogens with zero attached hydrogens (tertiary/aromatic N) is 4. The molecule has 2 aliphatic carbocycles. The third kappa shape index (κ3) is 14.8. The Labute approximate surface area is 446 Å². The van der Waals surface area contributed by atoms with Crippen LogP contribution in [0.3, 0.4) is 0 Å². The molecular weight excluding hydrogens is 1050 g/mol. The quantitative estimate of drug-likeness (QED) is 0.0440. The lowest BCUT2D eigenvalue weighted by atomic mass is 9.74. The Morgan fingerprint density at radius 3 is 1.67 bits per heavy atom. The number of halogens is 4. The third-order valence-corrected chi connectivity index (χ3v) is 17.1. The van der Waals surface area contributed by atoms with Gasteiger partial charge in [0.25, 0.3) is 0 Å². The zero-order valence-electron chi connectivity index (χ0n) is 41.2. The minimum absolute atomic E-state index is 0.107. The summed E-state index contributed by atoms with van der Waals surface area (Å²) in [6, 6.07) is 18.9. The second-order valence-corrected chi connectivity index (χ2v) is 23.1. The van der Waals surface area contributed by atoms with E-state index >= 15 is 0 Å². The number of fused-ring (bicyclic) bond motifs is 4. The number of benzene rings is 2. The van der Waals surface area contributed by atoms with E-state index < -0.39 is 7.05 Å². The fraction of sp³-hybridized carbons (Fsp3) is 0.593. The Morgan fingerprint density at radius 2 is 1.23 bits per heavy atom. The van der Waals surface area contributed by atoms with Crippen molar-refractivity contribution in [3.05, 3.63) is 125 Å². The number of nitrogens with one attached hydrogen (secondary N) is 1. The number of ether oxygens (including phenoxy) is 2. The molecule has 15 heteroatoms. The first-order chi connectivity index (χ1) is 33.4. The molecule has 2 aromatic carbocycles. The maximum absolute atomic E-state index is 9.92. The van der Waals surface area contributed by atoms with E-state index in [2.05, 4.69) is 109 Å². The van der Waals surface area contributed by atoms with Crippen LogP contribution in [0.2, 0.25) is 16.9 Å². The molecule has 9 nitrogen and oxygen atoms in total. The van der Waals surface area contributed by atoms with Gasteiger partial charge in [-0.3, -0.25) is 19.8 Å². The molecule has 6 unspecified atom stereocenters. The van der Waals surface area contributed by atoms with Crippen molar-refractivity contribution < 1.29 is 14.5 Å². The van der Waals surface area contributed by atoms with Gasteiger partial charge in [0, 0.05) is 114 Å². The molecule has 4 N–H and O–H groups in total. The normalized spacial score (nSPS) is 23.5. The van der Waals surface area contributed by atoms with Crippen molar-refractivity contribution in [1.29, 1.82) is 0 Å². The van der Waals surface area contributed by atoms with Crippen LogP contribution in [0.25, 0.3) is 0 Å². The van der Waals surface area contributed by atoms with E-state index in [0.29, 0.717) is 35.6 Å². The highest BCUT2D eigenvalue weighted by Crippen LogP contribution is 2.47. The standard InChI is InChI=1S/C28H40BBrClN3O2.C26H35BrClN3OS/c1-4-24(33-29(2)35)18-34-12-11-20(16-25(34)6-5-13-36-3)27-26-10-9-23(31)15-19(26)7-8-21-14-22(30)17-32-28(21)27;1-32-10-2-3-23-13-18(8-9-31(23)15-22(29)16-33)25-24-7-6-21(28)12-17(24)4-5-19-11-20(27)14-30-26(19)25/h9-10,14-15,17,20,24-25,27,33,35H,4-8,11-13,16,18H2,1-3H3;6-7,11-12,14,18,22-23,25,33H,2-5,8-10,13,15-16,29H2,1H3/t20?,24?,25-,27?;18?,22?,23-,25?/m00/s1. The fourth-order valence-corrected chi connectivity index (χ4v) is 13.3. The minimum Gasteiger partial charge on any atom is -0.437 e. The number of nitrogens with two attached hydrogens (primary N) is 1. The number of methoxy groups -OCH3 is 2. The van der Waals surface area contributed by atoms with Gasteiger partial charge in [0.15, 0.2) is 0 Å². The predicted molar refractivity (Wildman–Crippen MR) is 297 cm³/mol. The van der Waals surface area contributed by atoms with E-state index in [0.717, 1.165) is 142 Å². The molecule has 0 saturated carbocycles. The molecule has 69 heavy (non-hydrogen) atoms. The summed E-state index contributed by atoms with van der Waals surface area (Å²) in [4.78, 5) is 15.3. The molecule has 2 aliphatic heterocycles. The molecule has 0 spiro atoms. The molecule has 0 amide bonds. The van der Waals surface area contributed by atoms with E-state index in [1.54, 1.807) is 14.2 Å². The van der Waals surface area contributed by atoms with E-state index in [9.17, 15) is 5.02 Å². The van der Waals surface area contributed by atoms with Gasteiger partial charge in [0.2, 0.25) is 0 Å². The molecule has 2 fully saturated rings. The van der Waals surface area contributed by atoms with Crippen molar-refractivity contribution in [2.75, 3.05) is 59.4 Å². The first kappa shape index (κ1) is 55.2. The van der Waals surface area contributed by atoms with Crippen molar-refractivity contribution in [2.45, 2.75) is 133 Å². The lowest BCUT2D eigenvalue weighted by Gasteiger charge is -2.44. The number of piperidine rings is 2. The number of aryl methyl sites for hydroxylation is 4. The van der Waals surface area contributed by atoms with Gasteiger partial charge in [0.05, 0.1) is 11.4 Å². The Balaban J connectivity index is 0.000000205.